The zero-order valence-corrected chi connectivity index (χ0v) is 10.0. The molecular weight excluding hydrogens is 234 g/mol. The lowest BCUT2D eigenvalue weighted by atomic mass is 10.1. The van der Waals surface area contributed by atoms with Crippen molar-refractivity contribution >= 4 is 17.6 Å². The summed E-state index contributed by atoms with van der Waals surface area (Å²) in [4.78, 5) is 0. The Morgan fingerprint density at radius 1 is 1.29 bits per heavy atom. The number of thioether (sulfide) groups is 1. The van der Waals surface area contributed by atoms with E-state index in [0.717, 1.165) is 28.5 Å². The number of nitrogens with zero attached hydrogens (tertiary/aromatic N) is 1. The highest BCUT2D eigenvalue weighted by Crippen LogP contribution is 2.26. The zero-order chi connectivity index (χ0) is 11.7. The Bertz CT molecular complexity index is 505. The number of H-pyrrole nitrogens is 1. The Morgan fingerprint density at radius 3 is 2.59 bits per heavy atom. The Hall–Kier alpha value is -1.62. The molecule has 1 aromatic carbocycles. The van der Waals surface area contributed by atoms with Gasteiger partial charge in [0.1, 0.15) is 17.7 Å². The molecule has 3 N–H and O–H groups in total. The van der Waals surface area contributed by atoms with Crippen LogP contribution in [0.3, 0.4) is 0 Å². The van der Waals surface area contributed by atoms with E-state index in [1.54, 1.807) is 0 Å². The van der Waals surface area contributed by atoms with Crippen molar-refractivity contribution in [2.45, 2.75) is 6.10 Å². The van der Waals surface area contributed by atoms with Crippen LogP contribution in [0.25, 0.3) is 11.3 Å². The molecule has 0 amide bonds. The number of nitrogens with two attached hydrogens (primary N) is 1. The third kappa shape index (κ3) is 2.24. The summed E-state index contributed by atoms with van der Waals surface area (Å²) >= 11 is 1.92. The molecule has 2 heterocycles. The summed E-state index contributed by atoms with van der Waals surface area (Å²) < 4.78 is 5.78. The molecule has 5 heteroatoms. The van der Waals surface area contributed by atoms with E-state index in [0.29, 0.717) is 11.9 Å². The first-order valence-electron chi connectivity index (χ1n) is 5.47. The van der Waals surface area contributed by atoms with Crippen molar-refractivity contribution in [2.24, 2.45) is 0 Å². The van der Waals surface area contributed by atoms with Gasteiger partial charge in [-0.2, -0.15) is 16.9 Å². The molecule has 0 bridgehead atoms. The second-order valence-electron chi connectivity index (χ2n) is 4.01. The van der Waals surface area contributed by atoms with Crippen molar-refractivity contribution in [3.8, 4) is 17.0 Å². The van der Waals surface area contributed by atoms with E-state index in [1.807, 2.05) is 42.1 Å². The molecule has 1 aliphatic heterocycles. The molecule has 0 atom stereocenters. The molecule has 0 spiro atoms. The van der Waals surface area contributed by atoms with Crippen LogP contribution in [0.2, 0.25) is 0 Å². The lowest BCUT2D eigenvalue weighted by Gasteiger charge is -2.25. The van der Waals surface area contributed by atoms with Crippen LogP contribution < -0.4 is 10.5 Å². The van der Waals surface area contributed by atoms with Crippen LogP contribution in [0, 0.1) is 0 Å². The first-order valence-corrected chi connectivity index (χ1v) is 6.62. The monoisotopic (exact) mass is 247 g/mol. The summed E-state index contributed by atoms with van der Waals surface area (Å²) in [5.41, 5.74) is 7.55. The fourth-order valence-corrected chi connectivity index (χ4v) is 2.24. The summed E-state index contributed by atoms with van der Waals surface area (Å²) in [7, 11) is 0. The molecule has 88 valence electrons. The van der Waals surface area contributed by atoms with Crippen LogP contribution in [0.5, 0.6) is 5.75 Å². The van der Waals surface area contributed by atoms with Crippen LogP contribution >= 0.6 is 11.8 Å². The molecule has 2 aromatic rings. The van der Waals surface area contributed by atoms with Gasteiger partial charge in [-0.15, -0.1) is 0 Å². The van der Waals surface area contributed by atoms with Crippen molar-refractivity contribution in [2.75, 3.05) is 17.2 Å². The molecule has 0 radical (unpaired) electrons. The van der Waals surface area contributed by atoms with Crippen molar-refractivity contribution in [1.82, 2.24) is 10.2 Å². The van der Waals surface area contributed by atoms with E-state index >= 15 is 0 Å². The van der Waals surface area contributed by atoms with E-state index in [9.17, 15) is 0 Å². The Morgan fingerprint density at radius 2 is 2.06 bits per heavy atom. The second-order valence-corrected chi connectivity index (χ2v) is 5.08. The van der Waals surface area contributed by atoms with Crippen LogP contribution in [-0.4, -0.2) is 27.8 Å². The minimum absolute atomic E-state index is 0.383. The quantitative estimate of drug-likeness (QED) is 0.872. The number of benzene rings is 1. The third-order valence-corrected chi connectivity index (χ3v) is 3.89. The highest BCUT2D eigenvalue weighted by atomic mass is 32.2. The van der Waals surface area contributed by atoms with Crippen LogP contribution in [0.15, 0.2) is 30.3 Å². The van der Waals surface area contributed by atoms with Gasteiger partial charge >= 0.3 is 0 Å². The Balaban J connectivity index is 1.75. The standard InChI is InChI=1S/C12H13N3OS/c13-12-5-11(14-15-12)8-1-3-9(4-2-8)16-10-6-17-7-10/h1-5,10H,6-7H2,(H3,13,14,15). The molecule has 4 nitrogen and oxygen atoms in total. The fourth-order valence-electron chi connectivity index (χ4n) is 1.67. The number of hydrogen-bond donors (Lipinski definition) is 2. The molecule has 1 fully saturated rings. The number of anilines is 1. The van der Waals surface area contributed by atoms with Crippen molar-refractivity contribution in [1.29, 1.82) is 0 Å². The van der Waals surface area contributed by atoms with Crippen LogP contribution in [-0.2, 0) is 0 Å². The topological polar surface area (TPSA) is 63.9 Å². The van der Waals surface area contributed by atoms with Gasteiger partial charge in [0.25, 0.3) is 0 Å². The lowest BCUT2D eigenvalue weighted by Crippen LogP contribution is -2.30. The maximum absolute atomic E-state index is 5.78. The Labute approximate surface area is 104 Å². The summed E-state index contributed by atoms with van der Waals surface area (Å²) in [5.74, 6) is 3.62. The van der Waals surface area contributed by atoms with Gasteiger partial charge in [-0.3, -0.25) is 5.10 Å². The first kappa shape index (κ1) is 10.5. The van der Waals surface area contributed by atoms with Crippen LogP contribution in [0.4, 0.5) is 5.82 Å². The zero-order valence-electron chi connectivity index (χ0n) is 9.22. The number of aromatic amines is 1. The lowest BCUT2D eigenvalue weighted by molar-refractivity contribution is 0.240. The van der Waals surface area contributed by atoms with Crippen molar-refractivity contribution in [3.63, 3.8) is 0 Å². The van der Waals surface area contributed by atoms with E-state index in [1.165, 1.54) is 0 Å². The molecule has 3 rings (SSSR count). The number of nitrogen functional groups attached to an aromatic ring is 1. The van der Waals surface area contributed by atoms with E-state index in [2.05, 4.69) is 10.2 Å². The fraction of sp³-hybridized carbons (Fsp3) is 0.250. The van der Waals surface area contributed by atoms with Crippen molar-refractivity contribution < 1.29 is 4.74 Å². The number of ether oxygens (including phenoxy) is 1. The number of nitrogens with one attached hydrogen (secondary N) is 1. The molecule has 1 aromatic heterocycles. The van der Waals surface area contributed by atoms with Gasteiger partial charge < -0.3 is 10.5 Å². The second kappa shape index (κ2) is 4.33. The van der Waals surface area contributed by atoms with Gasteiger partial charge in [0.05, 0.1) is 5.69 Å². The molecule has 1 saturated heterocycles. The normalized spacial score (nSPS) is 15.5. The molecule has 1 aliphatic rings. The minimum Gasteiger partial charge on any atom is -0.489 e. The number of hydrogen-bond acceptors (Lipinski definition) is 4. The van der Waals surface area contributed by atoms with Gasteiger partial charge in [-0.05, 0) is 29.8 Å². The van der Waals surface area contributed by atoms with Crippen molar-refractivity contribution in [3.05, 3.63) is 30.3 Å². The molecule has 0 unspecified atom stereocenters. The predicted molar refractivity (Wildman–Crippen MR) is 70.2 cm³/mol. The van der Waals surface area contributed by atoms with Gasteiger partial charge in [0, 0.05) is 17.6 Å². The smallest absolute Gasteiger partial charge is 0.145 e. The third-order valence-electron chi connectivity index (χ3n) is 2.67. The first-order chi connectivity index (χ1) is 8.31. The number of rotatable bonds is 3. The largest absolute Gasteiger partial charge is 0.489 e. The summed E-state index contributed by atoms with van der Waals surface area (Å²) in [5, 5.41) is 6.79. The predicted octanol–water partition coefficient (Wildman–Crippen LogP) is 2.15. The van der Waals surface area contributed by atoms with E-state index < -0.39 is 0 Å². The molecule has 0 saturated carbocycles. The molecular formula is C12H13N3OS. The summed E-state index contributed by atoms with van der Waals surface area (Å²) in [6.45, 7) is 0. The Kier molecular flexibility index (Phi) is 2.68. The highest BCUT2D eigenvalue weighted by molar-refractivity contribution is 8.00. The minimum atomic E-state index is 0.383. The SMILES string of the molecule is Nc1cc(-c2ccc(OC3CSC3)cc2)[nH]n1. The molecule has 0 aliphatic carbocycles. The maximum Gasteiger partial charge on any atom is 0.145 e. The van der Waals surface area contributed by atoms with E-state index in [4.69, 9.17) is 10.5 Å². The number of aromatic nitrogens is 2. The molecule has 17 heavy (non-hydrogen) atoms. The maximum atomic E-state index is 5.78. The van der Waals surface area contributed by atoms with E-state index in [-0.39, 0.29) is 0 Å². The highest BCUT2D eigenvalue weighted by Gasteiger charge is 2.19. The average Bonchev–Trinajstić information content (AvgIpc) is 2.71. The van der Waals surface area contributed by atoms with Gasteiger partial charge in [-0.1, -0.05) is 0 Å². The van der Waals surface area contributed by atoms with Crippen LogP contribution in [0.1, 0.15) is 0 Å². The van der Waals surface area contributed by atoms with Gasteiger partial charge in [0.2, 0.25) is 0 Å². The summed E-state index contributed by atoms with van der Waals surface area (Å²) in [6, 6.07) is 9.80. The van der Waals surface area contributed by atoms with Gasteiger partial charge in [0.15, 0.2) is 0 Å². The average molecular weight is 247 g/mol. The van der Waals surface area contributed by atoms with Gasteiger partial charge in [-0.25, -0.2) is 0 Å². The summed E-state index contributed by atoms with van der Waals surface area (Å²) in [6.07, 6.45) is 0.383.